The van der Waals surface area contributed by atoms with Gasteiger partial charge in [0.2, 0.25) is 0 Å². The van der Waals surface area contributed by atoms with Gasteiger partial charge in [0.05, 0.1) is 26.9 Å². The predicted molar refractivity (Wildman–Crippen MR) is 79.5 cm³/mol. The maximum absolute atomic E-state index is 6.20. The number of quaternary nitrogens is 1. The van der Waals surface area contributed by atoms with Crippen LogP contribution in [0.5, 0.6) is 0 Å². The molecule has 2 aliphatic heterocycles. The lowest BCUT2D eigenvalue weighted by Crippen LogP contribution is -2.55. The predicted octanol–water partition coefficient (Wildman–Crippen LogP) is 2.42. The Morgan fingerprint density at radius 1 is 1.20 bits per heavy atom. The molecule has 0 radical (unpaired) electrons. The van der Waals surface area contributed by atoms with Crippen molar-refractivity contribution in [2.24, 2.45) is 5.92 Å². The largest absolute Gasteiger partial charge is 0.370 e. The second kappa shape index (κ2) is 7.74. The summed E-state index contributed by atoms with van der Waals surface area (Å²) in [5.41, 5.74) is 0. The van der Waals surface area contributed by atoms with E-state index in [-0.39, 0.29) is 12.4 Å². The molecule has 2 rings (SSSR count). The van der Waals surface area contributed by atoms with Crippen LogP contribution in [-0.4, -0.2) is 63.4 Å². The molecule has 0 bridgehead atoms. The van der Waals surface area contributed by atoms with Gasteiger partial charge in [0.15, 0.2) is 6.29 Å². The van der Waals surface area contributed by atoms with E-state index in [9.17, 15) is 0 Å². The van der Waals surface area contributed by atoms with Crippen molar-refractivity contribution in [3.63, 3.8) is 0 Å². The molecule has 0 aromatic carbocycles. The van der Waals surface area contributed by atoms with Crippen LogP contribution < -0.4 is 0 Å². The third kappa shape index (κ3) is 4.42. The van der Waals surface area contributed by atoms with Crippen LogP contribution >= 0.6 is 0 Å². The Balaban J connectivity index is 1.79. The van der Waals surface area contributed by atoms with Gasteiger partial charge in [0.1, 0.15) is 25.7 Å². The normalized spacial score (nSPS) is 31.4. The fraction of sp³-hybridized carbons (Fsp3) is 1.00. The molecule has 0 amide bonds. The highest BCUT2D eigenvalue weighted by Crippen LogP contribution is 2.27. The van der Waals surface area contributed by atoms with E-state index in [1.807, 2.05) is 0 Å². The van der Waals surface area contributed by atoms with Crippen molar-refractivity contribution >= 4 is 0 Å². The van der Waals surface area contributed by atoms with E-state index in [1.54, 1.807) is 0 Å². The van der Waals surface area contributed by atoms with Gasteiger partial charge in [-0.25, -0.2) is 0 Å². The maximum atomic E-state index is 6.20. The van der Waals surface area contributed by atoms with Crippen LogP contribution in [0.4, 0.5) is 0 Å². The second-order valence-electron chi connectivity index (χ2n) is 6.63. The molecular formula is C16H32NO3+. The van der Waals surface area contributed by atoms with Crippen LogP contribution in [0.1, 0.15) is 39.5 Å². The van der Waals surface area contributed by atoms with E-state index in [0.29, 0.717) is 5.92 Å². The number of morpholine rings is 1. The molecule has 4 nitrogen and oxygen atoms in total. The third-order valence-corrected chi connectivity index (χ3v) is 4.81. The molecule has 4 heteroatoms. The first-order valence-electron chi connectivity index (χ1n) is 8.35. The molecule has 0 aromatic rings. The standard InChI is InChI=1S/C16H32NO3/c1-4-6-7-14(5-2)16-19-13-15(20-16)12-17(3)8-10-18-11-9-17/h14-16H,4-13H2,1-3H3/q+1/t14-,15-,16+/m0/s1. The zero-order valence-corrected chi connectivity index (χ0v) is 13.5. The number of hydrogen-bond acceptors (Lipinski definition) is 3. The van der Waals surface area contributed by atoms with E-state index in [0.717, 1.165) is 50.4 Å². The van der Waals surface area contributed by atoms with E-state index in [1.165, 1.54) is 19.3 Å². The van der Waals surface area contributed by atoms with Gasteiger partial charge in [-0.1, -0.05) is 26.7 Å². The molecule has 2 aliphatic rings. The molecule has 0 aromatic heterocycles. The average Bonchev–Trinajstić information content (AvgIpc) is 2.88. The summed E-state index contributed by atoms with van der Waals surface area (Å²) < 4.78 is 18.7. The minimum atomic E-state index is 0.0317. The molecule has 0 N–H and O–H groups in total. The molecule has 3 atom stereocenters. The maximum Gasteiger partial charge on any atom is 0.161 e. The number of unbranched alkanes of at least 4 members (excludes halogenated alkanes) is 1. The van der Waals surface area contributed by atoms with Gasteiger partial charge in [-0.3, -0.25) is 0 Å². The lowest BCUT2D eigenvalue weighted by Gasteiger charge is -2.38. The van der Waals surface area contributed by atoms with Crippen molar-refractivity contribution in [1.82, 2.24) is 0 Å². The summed E-state index contributed by atoms with van der Waals surface area (Å²) in [6.45, 7) is 10.3. The summed E-state index contributed by atoms with van der Waals surface area (Å²) >= 11 is 0. The van der Waals surface area contributed by atoms with Gasteiger partial charge >= 0.3 is 0 Å². The highest BCUT2D eigenvalue weighted by molar-refractivity contribution is 4.72. The summed E-state index contributed by atoms with van der Waals surface area (Å²) in [6.07, 6.45) is 5.20. The average molecular weight is 286 g/mol. The highest BCUT2D eigenvalue weighted by Gasteiger charge is 2.37. The fourth-order valence-corrected chi connectivity index (χ4v) is 3.27. The lowest BCUT2D eigenvalue weighted by molar-refractivity contribution is -0.919. The Morgan fingerprint density at radius 3 is 2.60 bits per heavy atom. The topological polar surface area (TPSA) is 27.7 Å². The zero-order chi connectivity index (χ0) is 14.4. The molecule has 2 saturated heterocycles. The van der Waals surface area contributed by atoms with Crippen LogP contribution in [0.2, 0.25) is 0 Å². The molecular weight excluding hydrogens is 254 g/mol. The van der Waals surface area contributed by atoms with Crippen molar-refractivity contribution < 1.29 is 18.7 Å². The monoisotopic (exact) mass is 286 g/mol. The molecule has 0 unspecified atom stereocenters. The smallest absolute Gasteiger partial charge is 0.161 e. The van der Waals surface area contributed by atoms with E-state index in [2.05, 4.69) is 20.9 Å². The second-order valence-corrected chi connectivity index (χ2v) is 6.63. The molecule has 20 heavy (non-hydrogen) atoms. The Hall–Kier alpha value is -0.160. The number of ether oxygens (including phenoxy) is 3. The van der Waals surface area contributed by atoms with Crippen molar-refractivity contribution in [2.75, 3.05) is 46.5 Å². The van der Waals surface area contributed by atoms with E-state index in [4.69, 9.17) is 14.2 Å². The first-order valence-corrected chi connectivity index (χ1v) is 8.35. The van der Waals surface area contributed by atoms with Gasteiger partial charge < -0.3 is 18.7 Å². The molecule has 118 valence electrons. The van der Waals surface area contributed by atoms with Crippen LogP contribution in [0.3, 0.4) is 0 Å². The summed E-state index contributed by atoms with van der Waals surface area (Å²) in [5, 5.41) is 0. The fourth-order valence-electron chi connectivity index (χ4n) is 3.27. The highest BCUT2D eigenvalue weighted by atomic mass is 16.7. The number of likely N-dealkylation sites (N-methyl/N-ethyl adjacent to an activating group) is 1. The zero-order valence-electron chi connectivity index (χ0n) is 13.5. The first-order chi connectivity index (χ1) is 9.67. The minimum absolute atomic E-state index is 0.0317. The minimum Gasteiger partial charge on any atom is -0.370 e. The summed E-state index contributed by atoms with van der Waals surface area (Å²) in [7, 11) is 2.31. The van der Waals surface area contributed by atoms with Gasteiger partial charge in [0.25, 0.3) is 0 Å². The van der Waals surface area contributed by atoms with Gasteiger partial charge in [0, 0.05) is 5.92 Å². The van der Waals surface area contributed by atoms with Gasteiger partial charge in [-0.05, 0) is 12.8 Å². The van der Waals surface area contributed by atoms with Crippen molar-refractivity contribution in [3.05, 3.63) is 0 Å². The Labute approximate surface area is 124 Å². The van der Waals surface area contributed by atoms with Crippen molar-refractivity contribution in [3.8, 4) is 0 Å². The van der Waals surface area contributed by atoms with Crippen LogP contribution in [0, 0.1) is 5.92 Å². The summed E-state index contributed by atoms with van der Waals surface area (Å²) in [4.78, 5) is 0. The molecule has 2 fully saturated rings. The number of rotatable bonds is 7. The van der Waals surface area contributed by atoms with Crippen molar-refractivity contribution in [2.45, 2.75) is 51.9 Å². The molecule has 0 spiro atoms. The molecule has 2 heterocycles. The Kier molecular flexibility index (Phi) is 6.27. The van der Waals surface area contributed by atoms with Crippen LogP contribution in [0.15, 0.2) is 0 Å². The van der Waals surface area contributed by atoms with Gasteiger partial charge in [-0.15, -0.1) is 0 Å². The number of nitrogens with zero attached hydrogens (tertiary/aromatic N) is 1. The first kappa shape index (κ1) is 16.2. The quantitative estimate of drug-likeness (QED) is 0.673. The summed E-state index contributed by atoms with van der Waals surface area (Å²) in [6, 6.07) is 0. The van der Waals surface area contributed by atoms with Gasteiger partial charge in [-0.2, -0.15) is 0 Å². The van der Waals surface area contributed by atoms with E-state index >= 15 is 0 Å². The molecule has 0 aliphatic carbocycles. The Bertz CT molecular complexity index is 279. The van der Waals surface area contributed by atoms with Crippen molar-refractivity contribution in [1.29, 1.82) is 0 Å². The lowest BCUT2D eigenvalue weighted by atomic mass is 9.99. The van der Waals surface area contributed by atoms with Crippen LogP contribution in [0.25, 0.3) is 0 Å². The third-order valence-electron chi connectivity index (χ3n) is 4.81. The van der Waals surface area contributed by atoms with Crippen LogP contribution in [-0.2, 0) is 14.2 Å². The SMILES string of the molecule is CCCC[C@H](CC)[C@@H]1OC[C@H](C[N+]2(C)CCOCC2)O1. The summed E-state index contributed by atoms with van der Waals surface area (Å²) in [5.74, 6) is 0.565. The number of hydrogen-bond donors (Lipinski definition) is 0. The molecule has 0 saturated carbocycles. The van der Waals surface area contributed by atoms with E-state index < -0.39 is 0 Å². The Morgan fingerprint density at radius 2 is 1.95 bits per heavy atom.